The minimum atomic E-state index is -0.244. The van der Waals surface area contributed by atoms with Gasteiger partial charge >= 0.3 is 0 Å². The van der Waals surface area contributed by atoms with E-state index in [1.54, 1.807) is 6.92 Å². The molecule has 0 aliphatic rings. The molecular formula is C9H7N5O3. The summed E-state index contributed by atoms with van der Waals surface area (Å²) >= 11 is 0. The molecule has 0 amide bonds. The van der Waals surface area contributed by atoms with Crippen molar-refractivity contribution in [1.29, 1.82) is 0 Å². The maximum absolute atomic E-state index is 12.1. The molecule has 3 heterocycles. The summed E-state index contributed by atoms with van der Waals surface area (Å²) in [4.78, 5) is 19.9. The van der Waals surface area contributed by atoms with Gasteiger partial charge in [-0.05, 0) is 6.92 Å². The first-order valence-corrected chi connectivity index (χ1v) is 4.82. The fraction of sp³-hybridized carbons (Fsp3) is 0.222. The maximum Gasteiger partial charge on any atom is 0.267 e. The zero-order chi connectivity index (χ0) is 11.8. The summed E-state index contributed by atoms with van der Waals surface area (Å²) < 4.78 is 11.1. The lowest BCUT2D eigenvalue weighted by molar-refractivity contribution is 0.368. The van der Waals surface area contributed by atoms with E-state index in [-0.39, 0.29) is 17.8 Å². The van der Waals surface area contributed by atoms with Crippen LogP contribution >= 0.6 is 0 Å². The summed E-state index contributed by atoms with van der Waals surface area (Å²) in [7, 11) is 0. The Labute approximate surface area is 93.9 Å². The highest BCUT2D eigenvalue weighted by Gasteiger charge is 2.13. The van der Waals surface area contributed by atoms with Crippen LogP contribution in [-0.4, -0.2) is 24.8 Å². The van der Waals surface area contributed by atoms with E-state index < -0.39 is 0 Å². The van der Waals surface area contributed by atoms with Gasteiger partial charge in [-0.2, -0.15) is 4.98 Å². The molecule has 8 nitrogen and oxygen atoms in total. The van der Waals surface area contributed by atoms with Crippen LogP contribution in [0.5, 0.6) is 0 Å². The Hall–Kier alpha value is -2.51. The van der Waals surface area contributed by atoms with E-state index in [2.05, 4.69) is 20.3 Å². The molecule has 0 saturated heterocycles. The molecule has 0 atom stereocenters. The fourth-order valence-electron chi connectivity index (χ4n) is 1.53. The molecule has 0 aromatic carbocycles. The van der Waals surface area contributed by atoms with Crippen LogP contribution in [0.1, 0.15) is 11.6 Å². The lowest BCUT2D eigenvalue weighted by atomic mass is 10.3. The first-order valence-electron chi connectivity index (χ1n) is 4.82. The standard InChI is InChI=1S/C9H7N5O3/c1-5-7-8(17-13-5)11-4-14(9(7)15)2-6-10-3-12-16-6/h3-4H,2H2,1H3. The molecule has 0 aliphatic heterocycles. The highest BCUT2D eigenvalue weighted by Crippen LogP contribution is 2.09. The average molecular weight is 233 g/mol. The first-order chi connectivity index (χ1) is 8.25. The maximum atomic E-state index is 12.1. The van der Waals surface area contributed by atoms with Gasteiger partial charge < -0.3 is 9.05 Å². The van der Waals surface area contributed by atoms with Gasteiger partial charge in [0.25, 0.3) is 11.3 Å². The second-order valence-electron chi connectivity index (χ2n) is 3.46. The van der Waals surface area contributed by atoms with Crippen LogP contribution < -0.4 is 5.56 Å². The predicted molar refractivity (Wildman–Crippen MR) is 54.2 cm³/mol. The minimum Gasteiger partial charge on any atom is -0.338 e. The molecule has 3 aromatic rings. The van der Waals surface area contributed by atoms with Crippen molar-refractivity contribution in [3.8, 4) is 0 Å². The number of rotatable bonds is 2. The Bertz CT molecular complexity index is 712. The molecular weight excluding hydrogens is 226 g/mol. The van der Waals surface area contributed by atoms with E-state index in [1.165, 1.54) is 17.2 Å². The third-order valence-electron chi connectivity index (χ3n) is 2.35. The van der Waals surface area contributed by atoms with Gasteiger partial charge in [0.1, 0.15) is 18.3 Å². The molecule has 17 heavy (non-hydrogen) atoms. The Morgan fingerprint density at radius 1 is 1.35 bits per heavy atom. The smallest absolute Gasteiger partial charge is 0.267 e. The molecule has 8 heteroatoms. The zero-order valence-electron chi connectivity index (χ0n) is 8.82. The number of fused-ring (bicyclic) bond motifs is 1. The number of aryl methyl sites for hydroxylation is 1. The first kappa shape index (κ1) is 9.70. The van der Waals surface area contributed by atoms with Crippen molar-refractivity contribution >= 4 is 11.1 Å². The largest absolute Gasteiger partial charge is 0.338 e. The van der Waals surface area contributed by atoms with Crippen molar-refractivity contribution in [2.45, 2.75) is 13.5 Å². The highest BCUT2D eigenvalue weighted by atomic mass is 16.5. The second-order valence-corrected chi connectivity index (χ2v) is 3.46. The summed E-state index contributed by atoms with van der Waals surface area (Å²) in [5.74, 6) is 0.336. The summed E-state index contributed by atoms with van der Waals surface area (Å²) in [6, 6.07) is 0. The summed E-state index contributed by atoms with van der Waals surface area (Å²) in [6.45, 7) is 1.86. The minimum absolute atomic E-state index is 0.173. The molecule has 0 bridgehead atoms. The summed E-state index contributed by atoms with van der Waals surface area (Å²) in [5, 5.41) is 7.53. The number of hydrogen-bond acceptors (Lipinski definition) is 7. The molecule has 0 fully saturated rings. The van der Waals surface area contributed by atoms with E-state index >= 15 is 0 Å². The van der Waals surface area contributed by atoms with Gasteiger partial charge in [0.05, 0.1) is 5.69 Å². The van der Waals surface area contributed by atoms with Crippen LogP contribution in [0.2, 0.25) is 0 Å². The number of aromatic nitrogens is 5. The zero-order valence-corrected chi connectivity index (χ0v) is 8.82. The van der Waals surface area contributed by atoms with Gasteiger partial charge in [-0.25, -0.2) is 4.98 Å². The highest BCUT2D eigenvalue weighted by molar-refractivity contribution is 5.73. The molecule has 0 saturated carbocycles. The second kappa shape index (κ2) is 3.51. The van der Waals surface area contributed by atoms with Gasteiger partial charge in [0.2, 0.25) is 5.89 Å². The Morgan fingerprint density at radius 3 is 3.00 bits per heavy atom. The van der Waals surface area contributed by atoms with Crippen LogP contribution in [0.4, 0.5) is 0 Å². The number of hydrogen-bond donors (Lipinski definition) is 0. The van der Waals surface area contributed by atoms with Crippen molar-refractivity contribution in [3.05, 3.63) is 34.6 Å². The SMILES string of the molecule is Cc1noc2ncn(Cc3ncno3)c(=O)c12. The molecule has 0 spiro atoms. The molecule has 0 aliphatic carbocycles. The molecule has 0 radical (unpaired) electrons. The lowest BCUT2D eigenvalue weighted by Crippen LogP contribution is -2.21. The third kappa shape index (κ3) is 1.50. The predicted octanol–water partition coefficient (Wildman–Crippen LogP) is 0.124. The molecule has 3 rings (SSSR count). The van der Waals surface area contributed by atoms with Crippen molar-refractivity contribution in [3.63, 3.8) is 0 Å². The van der Waals surface area contributed by atoms with E-state index in [1.807, 2.05) is 0 Å². The summed E-state index contributed by atoms with van der Waals surface area (Å²) in [6.07, 6.45) is 2.64. The van der Waals surface area contributed by atoms with E-state index in [0.29, 0.717) is 17.0 Å². The van der Waals surface area contributed by atoms with Crippen LogP contribution in [0.25, 0.3) is 11.1 Å². The Balaban J connectivity index is 2.14. The van der Waals surface area contributed by atoms with Crippen LogP contribution in [0.3, 0.4) is 0 Å². The lowest BCUT2D eigenvalue weighted by Gasteiger charge is -1.99. The quantitative estimate of drug-likeness (QED) is 0.619. The molecule has 0 unspecified atom stereocenters. The third-order valence-corrected chi connectivity index (χ3v) is 2.35. The number of nitrogens with zero attached hydrogens (tertiary/aromatic N) is 5. The van der Waals surface area contributed by atoms with E-state index in [9.17, 15) is 4.79 Å². The van der Waals surface area contributed by atoms with Gasteiger partial charge in [0, 0.05) is 0 Å². The van der Waals surface area contributed by atoms with Crippen LogP contribution in [0, 0.1) is 6.92 Å². The fourth-order valence-corrected chi connectivity index (χ4v) is 1.53. The van der Waals surface area contributed by atoms with E-state index in [0.717, 1.165) is 0 Å². The Kier molecular flexibility index (Phi) is 2.00. The van der Waals surface area contributed by atoms with Crippen LogP contribution in [-0.2, 0) is 6.54 Å². The average Bonchev–Trinajstić information content (AvgIpc) is 2.93. The van der Waals surface area contributed by atoms with Crippen molar-refractivity contribution in [2.24, 2.45) is 0 Å². The van der Waals surface area contributed by atoms with Crippen molar-refractivity contribution in [2.75, 3.05) is 0 Å². The van der Waals surface area contributed by atoms with Crippen LogP contribution in [0.15, 0.2) is 26.5 Å². The van der Waals surface area contributed by atoms with Gasteiger partial charge in [-0.15, -0.1) is 0 Å². The molecule has 86 valence electrons. The monoisotopic (exact) mass is 233 g/mol. The van der Waals surface area contributed by atoms with E-state index in [4.69, 9.17) is 9.05 Å². The van der Waals surface area contributed by atoms with Gasteiger partial charge in [-0.1, -0.05) is 10.3 Å². The summed E-state index contributed by atoms with van der Waals surface area (Å²) in [5.41, 5.74) is 0.499. The topological polar surface area (TPSA) is 99.8 Å². The Morgan fingerprint density at radius 2 is 2.24 bits per heavy atom. The van der Waals surface area contributed by atoms with Gasteiger partial charge in [-0.3, -0.25) is 9.36 Å². The van der Waals surface area contributed by atoms with Crippen molar-refractivity contribution < 1.29 is 9.05 Å². The van der Waals surface area contributed by atoms with Gasteiger partial charge in [0.15, 0.2) is 6.33 Å². The molecule has 3 aromatic heterocycles. The molecule has 0 N–H and O–H groups in total. The van der Waals surface area contributed by atoms with Crippen molar-refractivity contribution in [1.82, 2.24) is 24.8 Å². The normalized spacial score (nSPS) is 11.1.